The van der Waals surface area contributed by atoms with Gasteiger partial charge in [0, 0.05) is 23.1 Å². The maximum absolute atomic E-state index is 12.6. The van der Waals surface area contributed by atoms with E-state index in [4.69, 9.17) is 16.3 Å². The van der Waals surface area contributed by atoms with Gasteiger partial charge in [0.25, 0.3) is 10.0 Å². The first-order valence-corrected chi connectivity index (χ1v) is 10.7. The number of rotatable bonds is 5. The number of benzene rings is 2. The predicted octanol–water partition coefficient (Wildman–Crippen LogP) is 4.05. The number of hydrogen-bond acceptors (Lipinski definition) is 4. The number of halogens is 2. The van der Waals surface area contributed by atoms with Crippen molar-refractivity contribution < 1.29 is 13.2 Å². The van der Waals surface area contributed by atoms with Crippen LogP contribution in [0.2, 0.25) is 5.02 Å². The second kappa shape index (κ2) is 7.59. The lowest BCUT2D eigenvalue weighted by atomic mass is 10.3. The molecule has 2 aromatic carbocycles. The first-order chi connectivity index (χ1) is 11.9. The third-order valence-electron chi connectivity index (χ3n) is 3.47. The standard InChI is InChI=1S/C16H14BrClN2O3S2/c1-23-9-8-20-14-7-2-11(17)10-15(14)24-16(20)19-25(21,22)13-5-3-12(18)4-6-13/h2-7,10H,8-9H2,1H3. The van der Waals surface area contributed by atoms with E-state index < -0.39 is 10.0 Å². The average Bonchev–Trinajstić information content (AvgIpc) is 2.88. The lowest BCUT2D eigenvalue weighted by Gasteiger charge is -2.04. The number of sulfonamides is 1. The lowest BCUT2D eigenvalue weighted by Crippen LogP contribution is -2.19. The van der Waals surface area contributed by atoms with Gasteiger partial charge in [0.2, 0.25) is 4.80 Å². The first-order valence-electron chi connectivity index (χ1n) is 7.25. The molecule has 0 saturated heterocycles. The van der Waals surface area contributed by atoms with E-state index in [0.29, 0.717) is 23.0 Å². The number of ether oxygens (including phenoxy) is 1. The molecule has 0 spiro atoms. The van der Waals surface area contributed by atoms with E-state index in [9.17, 15) is 8.42 Å². The lowest BCUT2D eigenvalue weighted by molar-refractivity contribution is 0.187. The molecular weight excluding hydrogens is 448 g/mol. The highest BCUT2D eigenvalue weighted by Gasteiger charge is 2.15. The normalized spacial score (nSPS) is 12.8. The Labute approximate surface area is 162 Å². The summed E-state index contributed by atoms with van der Waals surface area (Å²) in [7, 11) is -2.23. The fourth-order valence-corrected chi connectivity index (χ4v) is 5.21. The highest BCUT2D eigenvalue weighted by molar-refractivity contribution is 9.10. The molecule has 9 heteroatoms. The molecule has 3 aromatic rings. The monoisotopic (exact) mass is 460 g/mol. The Morgan fingerprint density at radius 3 is 2.64 bits per heavy atom. The molecule has 0 saturated carbocycles. The minimum atomic E-state index is -3.83. The topological polar surface area (TPSA) is 60.7 Å². The van der Waals surface area contributed by atoms with Crippen molar-refractivity contribution in [3.63, 3.8) is 0 Å². The van der Waals surface area contributed by atoms with E-state index >= 15 is 0 Å². The summed E-state index contributed by atoms with van der Waals surface area (Å²) >= 11 is 10.6. The van der Waals surface area contributed by atoms with Crippen LogP contribution in [0.15, 0.2) is 56.2 Å². The van der Waals surface area contributed by atoms with Crippen molar-refractivity contribution in [3.8, 4) is 0 Å². The van der Waals surface area contributed by atoms with E-state index in [2.05, 4.69) is 20.3 Å². The van der Waals surface area contributed by atoms with Crippen molar-refractivity contribution in [2.75, 3.05) is 13.7 Å². The highest BCUT2D eigenvalue weighted by Crippen LogP contribution is 2.23. The zero-order chi connectivity index (χ0) is 18.0. The van der Waals surface area contributed by atoms with Gasteiger partial charge < -0.3 is 9.30 Å². The molecule has 0 amide bonds. The van der Waals surface area contributed by atoms with Gasteiger partial charge in [0.1, 0.15) is 0 Å². The minimum absolute atomic E-state index is 0.105. The van der Waals surface area contributed by atoms with Crippen molar-refractivity contribution in [1.82, 2.24) is 4.57 Å². The van der Waals surface area contributed by atoms with Crippen LogP contribution in [0.1, 0.15) is 0 Å². The van der Waals surface area contributed by atoms with Crippen molar-refractivity contribution in [1.29, 1.82) is 0 Å². The molecule has 0 radical (unpaired) electrons. The van der Waals surface area contributed by atoms with Gasteiger partial charge in [-0.05, 0) is 42.5 Å². The summed E-state index contributed by atoms with van der Waals surface area (Å²) in [6.07, 6.45) is 0. The third-order valence-corrected chi connectivity index (χ3v) is 6.66. The smallest absolute Gasteiger partial charge is 0.285 e. The van der Waals surface area contributed by atoms with Crippen LogP contribution >= 0.6 is 38.9 Å². The summed E-state index contributed by atoms with van der Waals surface area (Å²) in [5.41, 5.74) is 0.912. The molecule has 0 fully saturated rings. The largest absolute Gasteiger partial charge is 0.383 e. The Bertz CT molecular complexity index is 1070. The molecular formula is C16H14BrClN2O3S2. The van der Waals surface area contributed by atoms with Crippen molar-refractivity contribution in [2.24, 2.45) is 4.40 Å². The molecule has 25 heavy (non-hydrogen) atoms. The van der Waals surface area contributed by atoms with Crippen LogP contribution in [0.25, 0.3) is 10.2 Å². The van der Waals surface area contributed by atoms with Crippen LogP contribution < -0.4 is 4.80 Å². The minimum Gasteiger partial charge on any atom is -0.383 e. The quantitative estimate of drug-likeness (QED) is 0.576. The molecule has 0 aliphatic heterocycles. The molecule has 132 valence electrons. The number of hydrogen-bond donors (Lipinski definition) is 0. The van der Waals surface area contributed by atoms with Crippen molar-refractivity contribution in [3.05, 3.63) is 56.8 Å². The molecule has 1 heterocycles. The summed E-state index contributed by atoms with van der Waals surface area (Å²) in [4.78, 5) is 0.508. The highest BCUT2D eigenvalue weighted by atomic mass is 79.9. The van der Waals surface area contributed by atoms with Gasteiger partial charge in [-0.2, -0.15) is 8.42 Å². The first kappa shape index (κ1) is 18.6. The third kappa shape index (κ3) is 4.15. The summed E-state index contributed by atoms with van der Waals surface area (Å²) < 4.78 is 38.2. The molecule has 5 nitrogen and oxygen atoms in total. The van der Waals surface area contributed by atoms with Crippen LogP contribution in [-0.2, 0) is 21.3 Å². The second-order valence-electron chi connectivity index (χ2n) is 5.16. The summed E-state index contributed by atoms with van der Waals surface area (Å²) in [5, 5.41) is 0.473. The molecule has 0 aliphatic carbocycles. The van der Waals surface area contributed by atoms with Crippen LogP contribution in [0.4, 0.5) is 0 Å². The van der Waals surface area contributed by atoms with Gasteiger partial charge in [-0.3, -0.25) is 0 Å². The van der Waals surface area contributed by atoms with Gasteiger partial charge in [-0.1, -0.05) is 38.9 Å². The molecule has 1 aromatic heterocycles. The number of nitrogens with zero attached hydrogens (tertiary/aromatic N) is 2. The van der Waals surface area contributed by atoms with E-state index in [1.807, 2.05) is 22.8 Å². The van der Waals surface area contributed by atoms with Gasteiger partial charge in [0.05, 0.1) is 21.7 Å². The molecule has 0 bridgehead atoms. The fourth-order valence-electron chi connectivity index (χ4n) is 2.28. The van der Waals surface area contributed by atoms with Crippen LogP contribution in [0.3, 0.4) is 0 Å². The van der Waals surface area contributed by atoms with E-state index in [1.54, 1.807) is 7.11 Å². The molecule has 0 atom stereocenters. The van der Waals surface area contributed by atoms with E-state index in [-0.39, 0.29) is 4.90 Å². The molecule has 3 rings (SSSR count). The van der Waals surface area contributed by atoms with Crippen molar-refractivity contribution >= 4 is 59.1 Å². The summed E-state index contributed by atoms with van der Waals surface area (Å²) in [6.45, 7) is 0.961. The second-order valence-corrected chi connectivity index (χ2v) is 9.13. The van der Waals surface area contributed by atoms with E-state index in [0.717, 1.165) is 14.7 Å². The summed E-state index contributed by atoms with van der Waals surface area (Å²) in [5.74, 6) is 0. The average molecular weight is 462 g/mol. The van der Waals surface area contributed by atoms with E-state index in [1.165, 1.54) is 35.6 Å². The molecule has 0 N–H and O–H groups in total. The number of aromatic nitrogens is 1. The van der Waals surface area contributed by atoms with Crippen LogP contribution in [0.5, 0.6) is 0 Å². The summed E-state index contributed by atoms with van der Waals surface area (Å²) in [6, 6.07) is 11.7. The van der Waals surface area contributed by atoms with Crippen LogP contribution in [-0.4, -0.2) is 26.7 Å². The SMILES string of the molecule is COCCn1c(=NS(=O)(=O)c2ccc(Cl)cc2)sc2cc(Br)ccc21. The Morgan fingerprint density at radius 2 is 1.96 bits per heavy atom. The van der Waals surface area contributed by atoms with Gasteiger partial charge in [-0.15, -0.1) is 4.40 Å². The maximum atomic E-state index is 12.6. The van der Waals surface area contributed by atoms with Gasteiger partial charge in [-0.25, -0.2) is 0 Å². The van der Waals surface area contributed by atoms with Crippen molar-refractivity contribution in [2.45, 2.75) is 11.4 Å². The Morgan fingerprint density at radius 1 is 1.24 bits per heavy atom. The van der Waals surface area contributed by atoms with Gasteiger partial charge >= 0.3 is 0 Å². The Hall–Kier alpha value is -1.19. The number of thiazole rings is 1. The van der Waals surface area contributed by atoms with Crippen LogP contribution in [0, 0.1) is 0 Å². The van der Waals surface area contributed by atoms with Gasteiger partial charge in [0.15, 0.2) is 0 Å². The zero-order valence-electron chi connectivity index (χ0n) is 13.1. The maximum Gasteiger partial charge on any atom is 0.285 e. The predicted molar refractivity (Wildman–Crippen MR) is 104 cm³/mol. The number of fused-ring (bicyclic) bond motifs is 1. The Kier molecular flexibility index (Phi) is 5.65. The Balaban J connectivity index is 2.18. The number of methoxy groups -OCH3 is 1. The molecule has 0 unspecified atom stereocenters. The molecule has 0 aliphatic rings. The zero-order valence-corrected chi connectivity index (χ0v) is 17.1. The fraction of sp³-hybridized carbons (Fsp3) is 0.188.